The molecule has 16 heteroatoms. The van der Waals surface area contributed by atoms with Crippen molar-refractivity contribution in [2.24, 2.45) is 0 Å². The van der Waals surface area contributed by atoms with Crippen LogP contribution in [0.4, 0.5) is 0 Å². The molecule has 0 saturated carbocycles. The molecule has 1 aliphatic heterocycles. The van der Waals surface area contributed by atoms with Gasteiger partial charge >= 0.3 is 0 Å². The van der Waals surface area contributed by atoms with E-state index in [9.17, 15) is 29.1 Å². The van der Waals surface area contributed by atoms with Gasteiger partial charge < -0.3 is 58.3 Å². The minimum Gasteiger partial charge on any atom is -0.508 e. The van der Waals surface area contributed by atoms with Crippen molar-refractivity contribution >= 4 is 29.5 Å². The molecule has 11 N–H and O–H groups in total. The Hall–Kier alpha value is -4.61. The number of nitrogens with one attached hydrogen (secondary N) is 10. The van der Waals surface area contributed by atoms with E-state index in [-0.39, 0.29) is 48.9 Å². The lowest BCUT2D eigenvalue weighted by atomic mass is 9.96. The topological polar surface area (TPSA) is 226 Å². The highest BCUT2D eigenvalue weighted by molar-refractivity contribution is 5.93. The fourth-order valence-electron chi connectivity index (χ4n) is 6.79. The molecule has 4 bridgehead atoms. The summed E-state index contributed by atoms with van der Waals surface area (Å²) in [7, 11) is 8.78. The minimum atomic E-state index is -0.942. The van der Waals surface area contributed by atoms with Crippen LogP contribution in [0.5, 0.6) is 5.75 Å². The highest BCUT2D eigenvalue weighted by atomic mass is 16.3. The molecule has 2 aromatic rings. The summed E-state index contributed by atoms with van der Waals surface area (Å²) >= 11 is 0. The summed E-state index contributed by atoms with van der Waals surface area (Å²) < 4.78 is 0. The van der Waals surface area contributed by atoms with Gasteiger partial charge in [-0.05, 0) is 121 Å². The van der Waals surface area contributed by atoms with E-state index < -0.39 is 36.0 Å². The van der Waals surface area contributed by atoms with Gasteiger partial charge in [0, 0.05) is 39.0 Å². The molecule has 1 aliphatic rings. The van der Waals surface area contributed by atoms with Gasteiger partial charge in [-0.15, -0.1) is 0 Å². The Balaban J connectivity index is 1.65. The molecule has 0 aliphatic carbocycles. The van der Waals surface area contributed by atoms with Gasteiger partial charge in [0.25, 0.3) is 0 Å². The maximum atomic E-state index is 13.9. The average Bonchev–Trinajstić information content (AvgIpc) is 3.20. The maximum absolute atomic E-state index is 13.9. The second kappa shape index (κ2) is 25.6. The Labute approximate surface area is 337 Å². The monoisotopic (exact) mass is 795 g/mol. The van der Waals surface area contributed by atoms with Crippen LogP contribution >= 0.6 is 0 Å². The molecule has 0 fully saturated rings. The van der Waals surface area contributed by atoms with Crippen LogP contribution in [0.1, 0.15) is 56.1 Å². The molecule has 3 rings (SSSR count). The number of carbonyl (C=O) groups excluding carboxylic acids is 5. The van der Waals surface area contributed by atoms with Gasteiger partial charge in [-0.1, -0.05) is 30.3 Å². The average molecular weight is 795 g/mol. The lowest BCUT2D eigenvalue weighted by molar-refractivity contribution is -0.132. The van der Waals surface area contributed by atoms with Crippen LogP contribution in [0, 0.1) is 0 Å². The molecule has 0 saturated heterocycles. The molecule has 0 radical (unpaired) electrons. The number of phenolic OH excluding ortho intramolecular Hbond substituents is 1. The summed E-state index contributed by atoms with van der Waals surface area (Å²) in [6.45, 7) is 2.65. The minimum absolute atomic E-state index is 0.0396. The van der Waals surface area contributed by atoms with Gasteiger partial charge in [0.05, 0.1) is 18.1 Å². The van der Waals surface area contributed by atoms with E-state index in [2.05, 4.69) is 53.2 Å². The molecule has 2 aromatic carbocycles. The highest BCUT2D eigenvalue weighted by Gasteiger charge is 2.30. The molecule has 0 aromatic heterocycles. The molecule has 5 atom stereocenters. The van der Waals surface area contributed by atoms with Crippen LogP contribution in [0.25, 0.3) is 11.1 Å². The first-order valence-corrected chi connectivity index (χ1v) is 20.2. The molecular weight excluding hydrogens is 729 g/mol. The standard InChI is InChI=1S/C41H66N10O6/c1-42-18-9-15-33-40(56)51-35(24-27-11-8-12-28(23-27)29-16-17-36(52)30(25-29)26-34(46-5)41(57)50-33)39(55)48-20-10-14-32(45-4)37(53)47-19-7-6-13-31(44-3)38(54)49-22-21-43-2/h8,11-12,16-17,23,25,31-35,42-46,52H,6-7,9-10,13-15,18-22,24,26H2,1-5H3,(H,47,53)(H,48,55)(H,49,54)(H,50,57)(H,51,56)/t31-,32-,33-,34-,35-/m0/s1. The number of unbranched alkanes of at least 4 members (excludes halogenated alkanes) is 1. The van der Waals surface area contributed by atoms with Gasteiger partial charge in [-0.25, -0.2) is 0 Å². The van der Waals surface area contributed by atoms with E-state index in [1.807, 2.05) is 50.5 Å². The number of phenols is 1. The first kappa shape index (κ1) is 46.8. The van der Waals surface area contributed by atoms with E-state index in [4.69, 9.17) is 0 Å². The third kappa shape index (κ3) is 15.7. The largest absolute Gasteiger partial charge is 0.508 e. The first-order chi connectivity index (χ1) is 27.5. The van der Waals surface area contributed by atoms with Crippen molar-refractivity contribution in [2.75, 3.05) is 68.0 Å². The quantitative estimate of drug-likeness (QED) is 0.0676. The summed E-state index contributed by atoms with van der Waals surface area (Å²) in [5.74, 6) is -1.34. The number of likely N-dealkylation sites (N-methyl/N-ethyl adjacent to an activating group) is 4. The third-order valence-corrected chi connectivity index (χ3v) is 10.2. The number of carbonyl (C=O) groups is 5. The lowest BCUT2D eigenvalue weighted by Crippen LogP contribution is -2.57. The van der Waals surface area contributed by atoms with Crippen LogP contribution in [0.2, 0.25) is 0 Å². The SMILES string of the molecule is CNCCC[C@@H]1NC(=O)[C@@H](NC)Cc2cc(ccc2O)-c2cccc(c2)C[C@@H](C(=O)NCCC[C@H](NC)C(=O)NCCCC[C@H](NC)C(=O)NCCNC)NC1=O. The molecule has 316 valence electrons. The Kier molecular flexibility index (Phi) is 21.0. The van der Waals surface area contributed by atoms with Gasteiger partial charge in [0.1, 0.15) is 17.8 Å². The fourth-order valence-corrected chi connectivity index (χ4v) is 6.79. The smallest absolute Gasteiger partial charge is 0.243 e. The summed E-state index contributed by atoms with van der Waals surface area (Å²) in [5, 5.41) is 40.5. The van der Waals surface area contributed by atoms with Gasteiger partial charge in [-0.3, -0.25) is 24.0 Å². The Morgan fingerprint density at radius 3 is 2.05 bits per heavy atom. The first-order valence-electron chi connectivity index (χ1n) is 20.2. The second-order valence-electron chi connectivity index (χ2n) is 14.5. The number of benzene rings is 2. The number of amides is 5. The van der Waals surface area contributed by atoms with Crippen LogP contribution in [-0.2, 0) is 36.8 Å². The molecule has 0 spiro atoms. The van der Waals surface area contributed by atoms with E-state index in [0.29, 0.717) is 63.8 Å². The predicted molar refractivity (Wildman–Crippen MR) is 223 cm³/mol. The van der Waals surface area contributed by atoms with Crippen molar-refractivity contribution in [3.8, 4) is 16.9 Å². The van der Waals surface area contributed by atoms with Gasteiger partial charge in [0.2, 0.25) is 29.5 Å². The highest BCUT2D eigenvalue weighted by Crippen LogP contribution is 2.28. The number of fused-ring (bicyclic) bond motifs is 5. The van der Waals surface area contributed by atoms with E-state index in [1.165, 1.54) is 0 Å². The summed E-state index contributed by atoms with van der Waals surface area (Å²) in [4.78, 5) is 66.5. The molecular formula is C41H66N10O6. The van der Waals surface area contributed by atoms with Crippen LogP contribution < -0.4 is 53.2 Å². The zero-order valence-corrected chi connectivity index (χ0v) is 34.3. The zero-order chi connectivity index (χ0) is 41.6. The molecule has 0 unspecified atom stereocenters. The maximum Gasteiger partial charge on any atom is 0.243 e. The summed E-state index contributed by atoms with van der Waals surface area (Å²) in [6.07, 6.45) is 4.46. The van der Waals surface area contributed by atoms with Gasteiger partial charge in [0.15, 0.2) is 0 Å². The lowest BCUT2D eigenvalue weighted by Gasteiger charge is -2.25. The van der Waals surface area contributed by atoms with Crippen molar-refractivity contribution in [3.05, 3.63) is 53.6 Å². The Morgan fingerprint density at radius 2 is 1.37 bits per heavy atom. The number of aromatic hydroxyl groups is 1. The van der Waals surface area contributed by atoms with Crippen LogP contribution in [0.15, 0.2) is 42.5 Å². The summed E-state index contributed by atoms with van der Waals surface area (Å²) in [5.41, 5.74) is 3.12. The zero-order valence-electron chi connectivity index (χ0n) is 34.3. The summed E-state index contributed by atoms with van der Waals surface area (Å²) in [6, 6.07) is 9.65. The van der Waals surface area contributed by atoms with Crippen molar-refractivity contribution in [3.63, 3.8) is 0 Å². The molecule has 1 heterocycles. The Bertz CT molecular complexity index is 1590. The number of rotatable bonds is 22. The van der Waals surface area contributed by atoms with Gasteiger partial charge in [-0.2, -0.15) is 0 Å². The van der Waals surface area contributed by atoms with E-state index in [1.54, 1.807) is 27.2 Å². The van der Waals surface area contributed by atoms with Crippen molar-refractivity contribution < 1.29 is 29.1 Å². The molecule has 57 heavy (non-hydrogen) atoms. The van der Waals surface area contributed by atoms with E-state index in [0.717, 1.165) is 29.5 Å². The van der Waals surface area contributed by atoms with Crippen molar-refractivity contribution in [1.82, 2.24) is 53.2 Å². The fraction of sp³-hybridized carbons (Fsp3) is 0.585. The molecule has 16 nitrogen and oxygen atoms in total. The second-order valence-corrected chi connectivity index (χ2v) is 14.5. The van der Waals surface area contributed by atoms with Crippen LogP contribution in [-0.4, -0.2) is 133 Å². The third-order valence-electron chi connectivity index (χ3n) is 10.2. The van der Waals surface area contributed by atoms with Crippen molar-refractivity contribution in [1.29, 1.82) is 0 Å². The van der Waals surface area contributed by atoms with Crippen molar-refractivity contribution in [2.45, 2.75) is 88.0 Å². The Morgan fingerprint density at radius 1 is 0.702 bits per heavy atom. The normalized spacial score (nSPS) is 18.2. The number of hydrogen-bond donors (Lipinski definition) is 11. The molecule has 5 amide bonds. The predicted octanol–water partition coefficient (Wildman–Crippen LogP) is -0.590. The van der Waals surface area contributed by atoms with Crippen LogP contribution in [0.3, 0.4) is 0 Å². The number of hydrogen-bond acceptors (Lipinski definition) is 11. The van der Waals surface area contributed by atoms with E-state index >= 15 is 0 Å².